The van der Waals surface area contributed by atoms with Crippen LogP contribution >= 0.6 is 0 Å². The van der Waals surface area contributed by atoms with E-state index in [0.717, 1.165) is 24.1 Å². The van der Waals surface area contributed by atoms with E-state index in [1.165, 1.54) is 18.5 Å². The lowest BCUT2D eigenvalue weighted by Gasteiger charge is -2.15. The van der Waals surface area contributed by atoms with Gasteiger partial charge in [-0.15, -0.1) is 0 Å². The largest absolute Gasteiger partial charge is 0.493 e. The van der Waals surface area contributed by atoms with Crippen LogP contribution in [0.15, 0.2) is 18.2 Å². The van der Waals surface area contributed by atoms with Crippen molar-refractivity contribution in [1.29, 1.82) is 0 Å². The molecule has 1 aromatic heterocycles. The van der Waals surface area contributed by atoms with Gasteiger partial charge in [-0.1, -0.05) is 6.07 Å². The molecule has 1 aromatic carbocycles. The van der Waals surface area contributed by atoms with Gasteiger partial charge in [0, 0.05) is 30.8 Å². The average Bonchev–Trinajstić information content (AvgIpc) is 3.47. The molecule has 1 aliphatic carbocycles. The van der Waals surface area contributed by atoms with Crippen LogP contribution in [0.2, 0.25) is 0 Å². The zero-order valence-corrected chi connectivity index (χ0v) is 16.5. The lowest BCUT2D eigenvalue weighted by atomic mass is 10.1. The van der Waals surface area contributed by atoms with Gasteiger partial charge < -0.3 is 19.5 Å². The molecule has 1 saturated carbocycles. The average molecular weight is 385 g/mol. The van der Waals surface area contributed by atoms with E-state index in [4.69, 9.17) is 14.2 Å². The standard InChI is InChI=1S/C21H27N3O4/c1-26-18-6-5-14(11-19(18)27-2)7-9-22-21(25)20-16-13-28-10-8-17(16)24(23-20)12-15-3-4-15/h5-6,11,15H,3-4,7-10,12-13H2,1-2H3,(H,22,25). The van der Waals surface area contributed by atoms with Gasteiger partial charge in [-0.05, 0) is 42.9 Å². The fourth-order valence-corrected chi connectivity index (χ4v) is 3.63. The molecule has 1 fully saturated rings. The van der Waals surface area contributed by atoms with Gasteiger partial charge in [0.25, 0.3) is 5.91 Å². The van der Waals surface area contributed by atoms with Crippen molar-refractivity contribution in [2.75, 3.05) is 27.4 Å². The normalized spacial score (nSPS) is 15.8. The molecule has 0 bridgehead atoms. The quantitative estimate of drug-likeness (QED) is 0.755. The number of nitrogens with zero attached hydrogens (tertiary/aromatic N) is 2. The number of nitrogens with one attached hydrogen (secondary N) is 1. The van der Waals surface area contributed by atoms with Crippen LogP contribution in [0.3, 0.4) is 0 Å². The van der Waals surface area contributed by atoms with Crippen molar-refractivity contribution in [2.45, 2.75) is 38.8 Å². The topological polar surface area (TPSA) is 74.6 Å². The highest BCUT2D eigenvalue weighted by atomic mass is 16.5. The van der Waals surface area contributed by atoms with Gasteiger partial charge in [0.15, 0.2) is 17.2 Å². The number of hydrogen-bond donors (Lipinski definition) is 1. The number of hydrogen-bond acceptors (Lipinski definition) is 5. The summed E-state index contributed by atoms with van der Waals surface area (Å²) in [5, 5.41) is 7.64. The van der Waals surface area contributed by atoms with Crippen molar-refractivity contribution in [1.82, 2.24) is 15.1 Å². The van der Waals surface area contributed by atoms with E-state index in [0.29, 0.717) is 49.3 Å². The molecule has 0 unspecified atom stereocenters. The van der Waals surface area contributed by atoms with Crippen LogP contribution in [-0.4, -0.2) is 43.1 Å². The second kappa shape index (κ2) is 8.22. The minimum atomic E-state index is -0.128. The van der Waals surface area contributed by atoms with Gasteiger partial charge in [0.2, 0.25) is 0 Å². The zero-order chi connectivity index (χ0) is 19.5. The zero-order valence-electron chi connectivity index (χ0n) is 16.5. The third kappa shape index (κ3) is 3.99. The Morgan fingerprint density at radius 2 is 2.11 bits per heavy atom. The maximum atomic E-state index is 12.8. The van der Waals surface area contributed by atoms with Gasteiger partial charge in [-0.2, -0.15) is 5.10 Å². The molecule has 0 radical (unpaired) electrons. The predicted molar refractivity (Wildman–Crippen MR) is 104 cm³/mol. The second-order valence-corrected chi connectivity index (χ2v) is 7.40. The molecule has 150 valence electrons. The first kappa shape index (κ1) is 18.8. The van der Waals surface area contributed by atoms with Gasteiger partial charge in [0.1, 0.15) is 0 Å². The molecule has 2 aliphatic rings. The molecule has 0 saturated heterocycles. The third-order valence-corrected chi connectivity index (χ3v) is 5.39. The Morgan fingerprint density at radius 1 is 1.29 bits per heavy atom. The highest BCUT2D eigenvalue weighted by Crippen LogP contribution is 2.32. The maximum Gasteiger partial charge on any atom is 0.272 e. The van der Waals surface area contributed by atoms with E-state index in [9.17, 15) is 4.79 Å². The molecule has 7 nitrogen and oxygen atoms in total. The lowest BCUT2D eigenvalue weighted by molar-refractivity contribution is 0.0925. The number of rotatable bonds is 8. The van der Waals surface area contributed by atoms with Crippen LogP contribution in [0, 0.1) is 5.92 Å². The van der Waals surface area contributed by atoms with E-state index in [-0.39, 0.29) is 5.91 Å². The third-order valence-electron chi connectivity index (χ3n) is 5.39. The Morgan fingerprint density at radius 3 is 2.86 bits per heavy atom. The highest BCUT2D eigenvalue weighted by molar-refractivity contribution is 5.94. The minimum Gasteiger partial charge on any atom is -0.493 e. The summed E-state index contributed by atoms with van der Waals surface area (Å²) in [4.78, 5) is 12.8. The molecule has 1 aliphatic heterocycles. The molecule has 7 heteroatoms. The van der Waals surface area contributed by atoms with Gasteiger partial charge in [0.05, 0.1) is 27.4 Å². The summed E-state index contributed by atoms with van der Waals surface area (Å²) in [5.41, 5.74) is 3.71. The first-order valence-electron chi connectivity index (χ1n) is 9.85. The summed E-state index contributed by atoms with van der Waals surface area (Å²) in [6, 6.07) is 5.79. The Balaban J connectivity index is 1.40. The fraction of sp³-hybridized carbons (Fsp3) is 0.524. The Labute approximate surface area is 165 Å². The Hall–Kier alpha value is -2.54. The smallest absolute Gasteiger partial charge is 0.272 e. The molecule has 2 heterocycles. The summed E-state index contributed by atoms with van der Waals surface area (Å²) < 4.78 is 18.2. The molecule has 28 heavy (non-hydrogen) atoms. The SMILES string of the molecule is COc1ccc(CCNC(=O)c2nn(CC3CC3)c3c2COCC3)cc1OC. The maximum absolute atomic E-state index is 12.8. The van der Waals surface area contributed by atoms with Crippen LogP contribution < -0.4 is 14.8 Å². The molecule has 4 rings (SSSR count). The number of carbonyl (C=O) groups is 1. The molecule has 2 aromatic rings. The van der Waals surface area contributed by atoms with Crippen molar-refractivity contribution in [3.63, 3.8) is 0 Å². The minimum absolute atomic E-state index is 0.128. The summed E-state index contributed by atoms with van der Waals surface area (Å²) in [6.07, 6.45) is 4.05. The molecule has 1 amide bonds. The molecular weight excluding hydrogens is 358 g/mol. The number of carbonyl (C=O) groups excluding carboxylic acids is 1. The molecule has 1 N–H and O–H groups in total. The first-order valence-corrected chi connectivity index (χ1v) is 9.85. The van der Waals surface area contributed by atoms with Crippen molar-refractivity contribution < 1.29 is 19.0 Å². The Kier molecular flexibility index (Phi) is 5.52. The van der Waals surface area contributed by atoms with Crippen LogP contribution in [0.5, 0.6) is 11.5 Å². The van der Waals surface area contributed by atoms with Crippen molar-refractivity contribution in [3.8, 4) is 11.5 Å². The summed E-state index contributed by atoms with van der Waals surface area (Å²) >= 11 is 0. The monoisotopic (exact) mass is 385 g/mol. The van der Waals surface area contributed by atoms with Crippen LogP contribution in [0.4, 0.5) is 0 Å². The van der Waals surface area contributed by atoms with E-state index >= 15 is 0 Å². The van der Waals surface area contributed by atoms with Crippen molar-refractivity contribution in [2.24, 2.45) is 5.92 Å². The van der Waals surface area contributed by atoms with E-state index < -0.39 is 0 Å². The van der Waals surface area contributed by atoms with Gasteiger partial charge >= 0.3 is 0 Å². The van der Waals surface area contributed by atoms with E-state index in [1.54, 1.807) is 14.2 Å². The number of aromatic nitrogens is 2. The van der Waals surface area contributed by atoms with Crippen molar-refractivity contribution in [3.05, 3.63) is 40.7 Å². The van der Waals surface area contributed by atoms with Crippen LogP contribution in [-0.2, 0) is 30.7 Å². The second-order valence-electron chi connectivity index (χ2n) is 7.40. The number of amides is 1. The predicted octanol–water partition coefficient (Wildman–Crippen LogP) is 2.36. The molecule has 0 spiro atoms. The summed E-state index contributed by atoms with van der Waals surface area (Å²) in [6.45, 7) is 2.61. The summed E-state index contributed by atoms with van der Waals surface area (Å²) in [5.74, 6) is 1.98. The Bertz CT molecular complexity index is 858. The highest BCUT2D eigenvalue weighted by Gasteiger charge is 2.29. The van der Waals surface area contributed by atoms with E-state index in [2.05, 4.69) is 10.4 Å². The summed E-state index contributed by atoms with van der Waals surface area (Å²) in [7, 11) is 3.23. The fourth-order valence-electron chi connectivity index (χ4n) is 3.63. The number of benzene rings is 1. The van der Waals surface area contributed by atoms with Gasteiger partial charge in [-0.3, -0.25) is 9.48 Å². The van der Waals surface area contributed by atoms with Crippen LogP contribution in [0.25, 0.3) is 0 Å². The first-order chi connectivity index (χ1) is 13.7. The van der Waals surface area contributed by atoms with Gasteiger partial charge in [-0.25, -0.2) is 0 Å². The van der Waals surface area contributed by atoms with Crippen molar-refractivity contribution >= 4 is 5.91 Å². The molecule has 0 atom stereocenters. The number of methoxy groups -OCH3 is 2. The van der Waals surface area contributed by atoms with Crippen LogP contribution in [0.1, 0.15) is 40.2 Å². The number of ether oxygens (including phenoxy) is 3. The molecular formula is C21H27N3O4. The van der Waals surface area contributed by atoms with E-state index in [1.807, 2.05) is 22.9 Å². The number of fused-ring (bicyclic) bond motifs is 1. The lowest BCUT2D eigenvalue weighted by Crippen LogP contribution is -2.27.